The molecule has 1 amide bonds. The number of hydrogen-bond acceptors (Lipinski definition) is 5. The zero-order valence-electron chi connectivity index (χ0n) is 9.32. The molecule has 0 atom stereocenters. The van der Waals surface area contributed by atoms with Gasteiger partial charge >= 0.3 is 5.91 Å². The van der Waals surface area contributed by atoms with Crippen molar-refractivity contribution in [3.63, 3.8) is 0 Å². The summed E-state index contributed by atoms with van der Waals surface area (Å²) in [5, 5.41) is 12.8. The lowest BCUT2D eigenvalue weighted by Crippen LogP contribution is -2.20. The van der Waals surface area contributed by atoms with Crippen LogP contribution in [-0.4, -0.2) is 27.2 Å². The number of nitrogens with zero attached hydrogens (tertiary/aromatic N) is 3. The molecule has 6 heteroatoms. The van der Waals surface area contributed by atoms with Crippen LogP contribution in [-0.2, 0) is 0 Å². The number of hydrogen-bond donors (Lipinski definition) is 2. The number of hydrazone groups is 1. The molecule has 1 aromatic carbocycles. The van der Waals surface area contributed by atoms with Crippen LogP contribution in [0, 0.1) is 0 Å². The highest BCUT2D eigenvalue weighted by atomic mass is 16.3. The Bertz CT molecular complexity index is 552. The van der Waals surface area contributed by atoms with Crippen LogP contribution in [0.25, 0.3) is 0 Å². The Morgan fingerprint density at radius 3 is 2.56 bits per heavy atom. The first-order valence-electron chi connectivity index (χ1n) is 5.15. The fraction of sp³-hybridized carbons (Fsp3) is 0. The maximum absolute atomic E-state index is 11.5. The smallest absolute Gasteiger partial charge is 0.309 e. The Kier molecular flexibility index (Phi) is 3.60. The monoisotopic (exact) mass is 242 g/mol. The number of aromatic hydroxyl groups is 1. The van der Waals surface area contributed by atoms with Crippen molar-refractivity contribution in [2.45, 2.75) is 0 Å². The van der Waals surface area contributed by atoms with Crippen LogP contribution in [0.5, 0.6) is 5.75 Å². The van der Waals surface area contributed by atoms with Gasteiger partial charge in [-0.1, -0.05) is 0 Å². The lowest BCUT2D eigenvalue weighted by atomic mass is 10.2. The highest BCUT2D eigenvalue weighted by Crippen LogP contribution is 2.07. The Morgan fingerprint density at radius 1 is 1.22 bits per heavy atom. The van der Waals surface area contributed by atoms with E-state index in [2.05, 4.69) is 20.5 Å². The lowest BCUT2D eigenvalue weighted by molar-refractivity contribution is 0.0944. The van der Waals surface area contributed by atoms with Crippen LogP contribution in [0.15, 0.2) is 47.8 Å². The average Bonchev–Trinajstić information content (AvgIpc) is 2.42. The molecule has 90 valence electrons. The van der Waals surface area contributed by atoms with Crippen LogP contribution in [0.3, 0.4) is 0 Å². The number of phenolic OH excluding ortho intramolecular Hbond substituents is 1. The van der Waals surface area contributed by atoms with Crippen molar-refractivity contribution in [2.24, 2.45) is 5.10 Å². The molecule has 0 aliphatic rings. The molecule has 0 spiro atoms. The fourth-order valence-corrected chi connectivity index (χ4v) is 1.19. The quantitative estimate of drug-likeness (QED) is 0.619. The minimum atomic E-state index is -0.481. The molecule has 0 saturated heterocycles. The van der Waals surface area contributed by atoms with Crippen molar-refractivity contribution >= 4 is 12.1 Å². The van der Waals surface area contributed by atoms with Crippen LogP contribution >= 0.6 is 0 Å². The first-order chi connectivity index (χ1) is 8.75. The predicted octanol–water partition coefficient (Wildman–Crippen LogP) is 0.946. The number of carbonyl (C=O) groups excluding carboxylic acids is 1. The third-order valence-corrected chi connectivity index (χ3v) is 2.04. The van der Waals surface area contributed by atoms with Gasteiger partial charge in [0.05, 0.1) is 6.21 Å². The summed E-state index contributed by atoms with van der Waals surface area (Å²) >= 11 is 0. The minimum absolute atomic E-state index is 0.0559. The van der Waals surface area contributed by atoms with Crippen LogP contribution < -0.4 is 5.43 Å². The molecule has 0 aliphatic carbocycles. The van der Waals surface area contributed by atoms with Crippen molar-refractivity contribution in [2.75, 3.05) is 0 Å². The summed E-state index contributed by atoms with van der Waals surface area (Å²) in [7, 11) is 0. The second-order valence-corrected chi connectivity index (χ2v) is 3.36. The third-order valence-electron chi connectivity index (χ3n) is 2.04. The molecule has 0 saturated carbocycles. The van der Waals surface area contributed by atoms with Crippen LogP contribution in [0.2, 0.25) is 0 Å². The second-order valence-electron chi connectivity index (χ2n) is 3.36. The van der Waals surface area contributed by atoms with Gasteiger partial charge in [-0.2, -0.15) is 5.10 Å². The molecule has 1 aromatic heterocycles. The zero-order chi connectivity index (χ0) is 12.8. The summed E-state index contributed by atoms with van der Waals surface area (Å²) in [6.45, 7) is 0. The molecule has 2 aromatic rings. The van der Waals surface area contributed by atoms with Gasteiger partial charge < -0.3 is 5.11 Å². The van der Waals surface area contributed by atoms with Gasteiger partial charge in [0.25, 0.3) is 0 Å². The summed E-state index contributed by atoms with van der Waals surface area (Å²) < 4.78 is 0. The normalized spacial score (nSPS) is 10.4. The lowest BCUT2D eigenvalue weighted by Gasteiger charge is -1.97. The second kappa shape index (κ2) is 5.53. The Hall–Kier alpha value is -2.76. The van der Waals surface area contributed by atoms with Gasteiger partial charge in [0.1, 0.15) is 5.75 Å². The van der Waals surface area contributed by atoms with Gasteiger partial charge in [-0.25, -0.2) is 15.4 Å². The van der Waals surface area contributed by atoms with E-state index in [1.165, 1.54) is 30.7 Å². The molecule has 18 heavy (non-hydrogen) atoms. The molecule has 1 heterocycles. The molecular formula is C12H10N4O2. The summed E-state index contributed by atoms with van der Waals surface area (Å²) in [6.07, 6.45) is 4.41. The van der Waals surface area contributed by atoms with E-state index in [1.54, 1.807) is 18.2 Å². The highest BCUT2D eigenvalue weighted by Gasteiger charge is 2.05. The van der Waals surface area contributed by atoms with Crippen molar-refractivity contribution in [3.8, 4) is 5.75 Å². The van der Waals surface area contributed by atoms with E-state index in [4.69, 9.17) is 5.11 Å². The number of benzene rings is 1. The van der Waals surface area contributed by atoms with Crippen LogP contribution in [0.1, 0.15) is 16.2 Å². The van der Waals surface area contributed by atoms with Crippen molar-refractivity contribution in [3.05, 3.63) is 54.1 Å². The maximum Gasteiger partial charge on any atom is 0.309 e. The van der Waals surface area contributed by atoms with Gasteiger partial charge in [0.15, 0.2) is 0 Å². The molecular weight excluding hydrogens is 232 g/mol. The van der Waals surface area contributed by atoms with Crippen molar-refractivity contribution < 1.29 is 9.90 Å². The number of rotatable bonds is 3. The number of aromatic nitrogens is 2. The van der Waals surface area contributed by atoms with E-state index in [0.29, 0.717) is 0 Å². The number of phenols is 1. The molecule has 0 radical (unpaired) electrons. The number of nitrogens with one attached hydrogen (secondary N) is 1. The zero-order valence-corrected chi connectivity index (χ0v) is 9.32. The molecule has 2 rings (SSSR count). The molecule has 2 N–H and O–H groups in total. The molecule has 0 unspecified atom stereocenters. The summed E-state index contributed by atoms with van der Waals surface area (Å²) in [4.78, 5) is 19.1. The third kappa shape index (κ3) is 3.11. The van der Waals surface area contributed by atoms with Gasteiger partial charge in [-0.05, 0) is 35.9 Å². The average molecular weight is 242 g/mol. The number of carbonyl (C=O) groups is 1. The first kappa shape index (κ1) is 11.7. The van der Waals surface area contributed by atoms with E-state index in [0.717, 1.165) is 5.56 Å². The highest BCUT2D eigenvalue weighted by molar-refractivity contribution is 5.91. The van der Waals surface area contributed by atoms with E-state index < -0.39 is 5.91 Å². The first-order valence-corrected chi connectivity index (χ1v) is 5.15. The standard InChI is InChI=1S/C12H10N4O2/c17-10-4-2-9(3-5-10)8-15-16-12(18)11-13-6-1-7-14-11/h1-8,17H,(H,16,18). The fourth-order valence-electron chi connectivity index (χ4n) is 1.19. The predicted molar refractivity (Wildman–Crippen MR) is 65.2 cm³/mol. The minimum Gasteiger partial charge on any atom is -0.508 e. The van der Waals surface area contributed by atoms with Gasteiger partial charge in [0, 0.05) is 12.4 Å². The van der Waals surface area contributed by atoms with Crippen LogP contribution in [0.4, 0.5) is 0 Å². The van der Waals surface area contributed by atoms with Gasteiger partial charge in [-0.3, -0.25) is 4.79 Å². The molecule has 0 bridgehead atoms. The molecule has 0 aliphatic heterocycles. The van der Waals surface area contributed by atoms with E-state index in [-0.39, 0.29) is 11.6 Å². The summed E-state index contributed by atoms with van der Waals surface area (Å²) in [5.74, 6) is -0.250. The van der Waals surface area contributed by atoms with E-state index in [9.17, 15) is 4.79 Å². The SMILES string of the molecule is O=C(NN=Cc1ccc(O)cc1)c1ncccn1. The molecule has 0 fully saturated rings. The largest absolute Gasteiger partial charge is 0.508 e. The van der Waals surface area contributed by atoms with E-state index >= 15 is 0 Å². The Labute approximate surface area is 103 Å². The van der Waals surface area contributed by atoms with Crippen molar-refractivity contribution in [1.82, 2.24) is 15.4 Å². The summed E-state index contributed by atoms with van der Waals surface area (Å²) in [5.41, 5.74) is 3.06. The van der Waals surface area contributed by atoms with Gasteiger partial charge in [-0.15, -0.1) is 0 Å². The molecule has 6 nitrogen and oxygen atoms in total. The topological polar surface area (TPSA) is 87.5 Å². The van der Waals surface area contributed by atoms with Crippen molar-refractivity contribution in [1.29, 1.82) is 0 Å². The summed E-state index contributed by atoms with van der Waals surface area (Å²) in [6, 6.07) is 8.03. The van der Waals surface area contributed by atoms with E-state index in [1.807, 2.05) is 0 Å². The maximum atomic E-state index is 11.5. The number of amides is 1. The Balaban J connectivity index is 1.96. The van der Waals surface area contributed by atoms with Gasteiger partial charge in [0.2, 0.25) is 5.82 Å². The Morgan fingerprint density at radius 2 is 1.89 bits per heavy atom.